The molecule has 1 fully saturated rings. The highest BCUT2D eigenvalue weighted by Gasteiger charge is 2.34. The first-order chi connectivity index (χ1) is 12.9. The van der Waals surface area contributed by atoms with Gasteiger partial charge in [-0.25, -0.2) is 0 Å². The van der Waals surface area contributed by atoms with Crippen LogP contribution in [-0.2, 0) is 12.8 Å². The van der Waals surface area contributed by atoms with Crippen molar-refractivity contribution in [3.05, 3.63) is 29.1 Å². The fraction of sp³-hybridized carbons (Fsp3) is 0.760. The number of Topliss-reactive ketones (excluding diaryl/α,β-unsaturated/α-hetero) is 1. The van der Waals surface area contributed by atoms with Crippen molar-refractivity contribution in [3.63, 3.8) is 0 Å². The molecule has 27 heavy (non-hydrogen) atoms. The van der Waals surface area contributed by atoms with E-state index in [1.807, 2.05) is 0 Å². The molecule has 2 aliphatic carbocycles. The Morgan fingerprint density at radius 2 is 1.89 bits per heavy atom. The maximum absolute atomic E-state index is 12.5. The Balaban J connectivity index is 1.63. The zero-order chi connectivity index (χ0) is 19.4. The lowest BCUT2D eigenvalue weighted by molar-refractivity contribution is 0.0892. The molecular formula is C25H39NO. The third-order valence-electron chi connectivity index (χ3n) is 7.12. The number of pyridine rings is 1. The standard InChI is InChI=1S/C25H39NO/c1-5-25(4)16-23-22(24(27)17-25)13-12-21(26-23)11-10-19-8-6-7-9-20(15-19)14-18(2)3/h12-13,18-20H,5-11,14-17H2,1-4H3. The first-order valence-electron chi connectivity index (χ1n) is 11.4. The van der Waals surface area contributed by atoms with Crippen LogP contribution in [0.25, 0.3) is 0 Å². The molecule has 0 amide bonds. The van der Waals surface area contributed by atoms with E-state index in [-0.39, 0.29) is 5.41 Å². The number of rotatable bonds is 6. The number of hydrogen-bond donors (Lipinski definition) is 0. The molecule has 0 aliphatic heterocycles. The van der Waals surface area contributed by atoms with Crippen LogP contribution in [0.2, 0.25) is 0 Å². The minimum atomic E-state index is 0.0983. The number of ketones is 1. The van der Waals surface area contributed by atoms with Crippen LogP contribution in [0.4, 0.5) is 0 Å². The SMILES string of the molecule is CCC1(C)CC(=O)c2ccc(CCC3CCCCC(CC(C)C)C3)nc2C1. The molecular weight excluding hydrogens is 330 g/mol. The Morgan fingerprint density at radius 3 is 2.59 bits per heavy atom. The Labute approximate surface area is 166 Å². The number of hydrogen-bond acceptors (Lipinski definition) is 2. The highest BCUT2D eigenvalue weighted by atomic mass is 16.1. The van der Waals surface area contributed by atoms with Crippen LogP contribution in [-0.4, -0.2) is 10.8 Å². The van der Waals surface area contributed by atoms with Crippen LogP contribution in [0.3, 0.4) is 0 Å². The van der Waals surface area contributed by atoms with Crippen LogP contribution in [0.5, 0.6) is 0 Å². The summed E-state index contributed by atoms with van der Waals surface area (Å²) in [6.45, 7) is 9.16. The van der Waals surface area contributed by atoms with Gasteiger partial charge in [0.25, 0.3) is 0 Å². The van der Waals surface area contributed by atoms with Crippen molar-refractivity contribution in [2.24, 2.45) is 23.2 Å². The van der Waals surface area contributed by atoms with Crippen LogP contribution in [0, 0.1) is 23.2 Å². The van der Waals surface area contributed by atoms with E-state index in [0.29, 0.717) is 12.2 Å². The predicted octanol–water partition coefficient (Wildman–Crippen LogP) is 6.80. The van der Waals surface area contributed by atoms with Crippen LogP contribution < -0.4 is 0 Å². The summed E-state index contributed by atoms with van der Waals surface area (Å²) in [4.78, 5) is 17.5. The van der Waals surface area contributed by atoms with E-state index in [1.54, 1.807) is 0 Å². The summed E-state index contributed by atoms with van der Waals surface area (Å²) in [6.07, 6.45) is 13.5. The predicted molar refractivity (Wildman–Crippen MR) is 113 cm³/mol. The van der Waals surface area contributed by atoms with Gasteiger partial charge in [0, 0.05) is 17.7 Å². The van der Waals surface area contributed by atoms with Crippen molar-refractivity contribution in [2.75, 3.05) is 0 Å². The zero-order valence-corrected chi connectivity index (χ0v) is 18.0. The van der Waals surface area contributed by atoms with E-state index in [9.17, 15) is 4.79 Å². The molecule has 1 saturated carbocycles. The first kappa shape index (κ1) is 20.6. The van der Waals surface area contributed by atoms with Crippen molar-refractivity contribution in [1.82, 2.24) is 4.98 Å². The van der Waals surface area contributed by atoms with Crippen molar-refractivity contribution in [3.8, 4) is 0 Å². The number of carbonyl (C=O) groups is 1. The van der Waals surface area contributed by atoms with Gasteiger partial charge in [0.2, 0.25) is 0 Å². The zero-order valence-electron chi connectivity index (χ0n) is 18.0. The summed E-state index contributed by atoms with van der Waals surface area (Å²) in [5, 5.41) is 0. The molecule has 0 radical (unpaired) electrons. The third kappa shape index (κ3) is 5.42. The largest absolute Gasteiger partial charge is 0.294 e. The van der Waals surface area contributed by atoms with E-state index in [0.717, 1.165) is 48.3 Å². The van der Waals surface area contributed by atoms with Gasteiger partial charge in [0.15, 0.2) is 5.78 Å². The lowest BCUT2D eigenvalue weighted by Gasteiger charge is -2.32. The minimum Gasteiger partial charge on any atom is -0.294 e. The van der Waals surface area contributed by atoms with E-state index in [1.165, 1.54) is 50.6 Å². The normalized spacial score (nSPS) is 28.9. The highest BCUT2D eigenvalue weighted by molar-refractivity contribution is 5.98. The number of aryl methyl sites for hydroxylation is 1. The van der Waals surface area contributed by atoms with E-state index in [4.69, 9.17) is 4.98 Å². The van der Waals surface area contributed by atoms with Crippen molar-refractivity contribution >= 4 is 5.78 Å². The molecule has 0 N–H and O–H groups in total. The van der Waals surface area contributed by atoms with E-state index < -0.39 is 0 Å². The molecule has 0 saturated heterocycles. The van der Waals surface area contributed by atoms with Gasteiger partial charge in [-0.1, -0.05) is 53.4 Å². The lowest BCUT2D eigenvalue weighted by atomic mass is 9.72. The van der Waals surface area contributed by atoms with Crippen LogP contribution in [0.1, 0.15) is 107 Å². The van der Waals surface area contributed by atoms with Gasteiger partial charge in [0.1, 0.15) is 0 Å². The minimum absolute atomic E-state index is 0.0983. The lowest BCUT2D eigenvalue weighted by Crippen LogP contribution is -2.30. The molecule has 2 nitrogen and oxygen atoms in total. The van der Waals surface area contributed by atoms with E-state index >= 15 is 0 Å². The van der Waals surface area contributed by atoms with Crippen molar-refractivity contribution < 1.29 is 4.79 Å². The summed E-state index contributed by atoms with van der Waals surface area (Å²) in [7, 11) is 0. The molecule has 0 spiro atoms. The summed E-state index contributed by atoms with van der Waals surface area (Å²) in [5.41, 5.74) is 3.25. The van der Waals surface area contributed by atoms with Crippen LogP contribution >= 0.6 is 0 Å². The fourth-order valence-corrected chi connectivity index (χ4v) is 5.34. The van der Waals surface area contributed by atoms with Gasteiger partial charge in [-0.3, -0.25) is 9.78 Å². The summed E-state index contributed by atoms with van der Waals surface area (Å²) in [5.74, 6) is 2.90. The fourth-order valence-electron chi connectivity index (χ4n) is 5.34. The molecule has 0 aromatic carbocycles. The van der Waals surface area contributed by atoms with Gasteiger partial charge >= 0.3 is 0 Å². The maximum atomic E-state index is 12.5. The van der Waals surface area contributed by atoms with Crippen LogP contribution in [0.15, 0.2) is 12.1 Å². The van der Waals surface area contributed by atoms with Crippen molar-refractivity contribution in [1.29, 1.82) is 0 Å². The second-order valence-electron chi connectivity index (χ2n) is 10.2. The number of carbonyl (C=O) groups excluding carboxylic acids is 1. The monoisotopic (exact) mass is 369 g/mol. The smallest absolute Gasteiger partial charge is 0.165 e. The molecule has 1 aromatic rings. The highest BCUT2D eigenvalue weighted by Crippen LogP contribution is 2.37. The van der Waals surface area contributed by atoms with Gasteiger partial charge in [-0.15, -0.1) is 0 Å². The van der Waals surface area contributed by atoms with Crippen molar-refractivity contribution in [2.45, 2.75) is 98.3 Å². The number of aromatic nitrogens is 1. The molecule has 1 aromatic heterocycles. The molecule has 2 aliphatic rings. The van der Waals surface area contributed by atoms with Gasteiger partial charge in [-0.2, -0.15) is 0 Å². The quantitative estimate of drug-likeness (QED) is 0.516. The maximum Gasteiger partial charge on any atom is 0.165 e. The second-order valence-corrected chi connectivity index (χ2v) is 10.2. The second kappa shape index (κ2) is 8.88. The topological polar surface area (TPSA) is 30.0 Å². The van der Waals surface area contributed by atoms with Gasteiger partial charge < -0.3 is 0 Å². The average Bonchev–Trinajstić information content (AvgIpc) is 2.84. The molecule has 150 valence electrons. The Bertz CT molecular complexity index is 650. The third-order valence-corrected chi connectivity index (χ3v) is 7.12. The molecule has 3 unspecified atom stereocenters. The van der Waals surface area contributed by atoms with E-state index in [2.05, 4.69) is 39.8 Å². The Kier molecular flexibility index (Phi) is 6.76. The molecule has 1 heterocycles. The summed E-state index contributed by atoms with van der Waals surface area (Å²) in [6, 6.07) is 4.18. The van der Waals surface area contributed by atoms with Gasteiger partial charge in [0.05, 0.1) is 5.69 Å². The molecule has 3 rings (SSSR count). The molecule has 3 atom stereocenters. The number of nitrogens with zero attached hydrogens (tertiary/aromatic N) is 1. The number of fused-ring (bicyclic) bond motifs is 1. The Hall–Kier alpha value is -1.18. The first-order valence-corrected chi connectivity index (χ1v) is 11.4. The molecule has 0 bridgehead atoms. The molecule has 2 heteroatoms. The summed E-state index contributed by atoms with van der Waals surface area (Å²) >= 11 is 0. The van der Waals surface area contributed by atoms with Gasteiger partial charge in [-0.05, 0) is 73.8 Å². The average molecular weight is 370 g/mol. The summed E-state index contributed by atoms with van der Waals surface area (Å²) < 4.78 is 0. The Morgan fingerprint density at radius 1 is 1.15 bits per heavy atom.